The van der Waals surface area contributed by atoms with Crippen molar-refractivity contribution in [1.82, 2.24) is 10.6 Å². The second-order valence-corrected chi connectivity index (χ2v) is 7.91. The maximum atomic E-state index is 13.2. The monoisotopic (exact) mass is 458 g/mol. The van der Waals surface area contributed by atoms with Crippen molar-refractivity contribution < 1.29 is 19.1 Å². The Kier molecular flexibility index (Phi) is 7.07. The second-order valence-electron chi connectivity index (χ2n) is 7.91. The van der Waals surface area contributed by atoms with E-state index in [1.165, 1.54) is 4.90 Å². The standard InChI is InChI=1S/C26H26N4O4/c1-34-20-13-11-19(12-14-20)16-27-25(32)22(15-18-7-3-2-4-8-18)29-26(33)30-17-24(31)28-21-9-5-6-10-23(21)30/h2-14,22H,15-17H2,1H3,(H,27,32)(H,28,31)(H,29,33). The zero-order valence-corrected chi connectivity index (χ0v) is 18.8. The highest BCUT2D eigenvalue weighted by Gasteiger charge is 2.30. The topological polar surface area (TPSA) is 99.8 Å². The van der Waals surface area contributed by atoms with Crippen molar-refractivity contribution in [3.63, 3.8) is 0 Å². The van der Waals surface area contributed by atoms with Gasteiger partial charge in [0.05, 0.1) is 18.5 Å². The van der Waals surface area contributed by atoms with Gasteiger partial charge in [-0.25, -0.2) is 4.79 Å². The summed E-state index contributed by atoms with van der Waals surface area (Å²) in [4.78, 5) is 39.8. The Hall–Kier alpha value is -4.33. The fourth-order valence-corrected chi connectivity index (χ4v) is 3.76. The number of rotatable bonds is 7. The van der Waals surface area contributed by atoms with Crippen LogP contribution in [0.3, 0.4) is 0 Å². The summed E-state index contributed by atoms with van der Waals surface area (Å²) >= 11 is 0. The van der Waals surface area contributed by atoms with E-state index in [1.54, 1.807) is 31.4 Å². The molecule has 8 heteroatoms. The van der Waals surface area contributed by atoms with E-state index in [2.05, 4.69) is 16.0 Å². The number of urea groups is 1. The van der Waals surface area contributed by atoms with Gasteiger partial charge in [0.25, 0.3) is 0 Å². The molecule has 0 saturated heterocycles. The molecule has 1 aliphatic rings. The van der Waals surface area contributed by atoms with Crippen molar-refractivity contribution in [1.29, 1.82) is 0 Å². The van der Waals surface area contributed by atoms with Gasteiger partial charge in [-0.05, 0) is 35.4 Å². The van der Waals surface area contributed by atoms with Crippen LogP contribution in [0.25, 0.3) is 0 Å². The molecular formula is C26H26N4O4. The summed E-state index contributed by atoms with van der Waals surface area (Å²) in [6.45, 7) is 0.174. The molecule has 3 aromatic carbocycles. The molecule has 0 saturated carbocycles. The van der Waals surface area contributed by atoms with Gasteiger partial charge in [0.2, 0.25) is 11.8 Å². The number of carbonyl (C=O) groups is 3. The first-order valence-corrected chi connectivity index (χ1v) is 10.9. The molecule has 1 heterocycles. The van der Waals surface area contributed by atoms with Crippen LogP contribution in [0.15, 0.2) is 78.9 Å². The minimum Gasteiger partial charge on any atom is -0.497 e. The second kappa shape index (κ2) is 10.5. The highest BCUT2D eigenvalue weighted by molar-refractivity contribution is 6.10. The number of para-hydroxylation sites is 2. The van der Waals surface area contributed by atoms with Crippen LogP contribution in [-0.4, -0.2) is 37.5 Å². The van der Waals surface area contributed by atoms with Crippen LogP contribution in [0, 0.1) is 0 Å². The molecule has 1 unspecified atom stereocenters. The van der Waals surface area contributed by atoms with E-state index in [0.717, 1.165) is 16.9 Å². The Labute approximate surface area is 197 Å². The molecule has 0 bridgehead atoms. The fraction of sp³-hybridized carbons (Fsp3) is 0.192. The van der Waals surface area contributed by atoms with Crippen LogP contribution in [0.1, 0.15) is 11.1 Å². The fourth-order valence-electron chi connectivity index (χ4n) is 3.76. The van der Waals surface area contributed by atoms with Crippen LogP contribution >= 0.6 is 0 Å². The molecule has 34 heavy (non-hydrogen) atoms. The van der Waals surface area contributed by atoms with E-state index in [-0.39, 0.29) is 18.4 Å². The maximum absolute atomic E-state index is 13.2. The molecule has 0 fully saturated rings. The van der Waals surface area contributed by atoms with Crippen LogP contribution in [-0.2, 0) is 22.6 Å². The quantitative estimate of drug-likeness (QED) is 0.507. The molecule has 8 nitrogen and oxygen atoms in total. The number of ether oxygens (including phenoxy) is 1. The third-order valence-electron chi connectivity index (χ3n) is 5.54. The van der Waals surface area contributed by atoms with Gasteiger partial charge in [0.15, 0.2) is 0 Å². The molecule has 0 aliphatic carbocycles. The third-order valence-corrected chi connectivity index (χ3v) is 5.54. The van der Waals surface area contributed by atoms with Gasteiger partial charge in [-0.2, -0.15) is 0 Å². The highest BCUT2D eigenvalue weighted by Crippen LogP contribution is 2.28. The average Bonchev–Trinajstić information content (AvgIpc) is 2.87. The predicted molar refractivity (Wildman–Crippen MR) is 130 cm³/mol. The zero-order chi connectivity index (χ0) is 23.9. The lowest BCUT2D eigenvalue weighted by Crippen LogP contribution is -2.54. The smallest absolute Gasteiger partial charge is 0.323 e. The summed E-state index contributed by atoms with van der Waals surface area (Å²) in [5.41, 5.74) is 2.94. The minimum atomic E-state index is -0.828. The maximum Gasteiger partial charge on any atom is 0.323 e. The first-order valence-electron chi connectivity index (χ1n) is 10.9. The van der Waals surface area contributed by atoms with Crippen molar-refractivity contribution in [3.8, 4) is 5.75 Å². The Morgan fingerprint density at radius 3 is 2.41 bits per heavy atom. The number of anilines is 2. The molecule has 3 aromatic rings. The Morgan fingerprint density at radius 2 is 1.68 bits per heavy atom. The first kappa shape index (κ1) is 22.8. The Bertz CT molecular complexity index is 1160. The lowest BCUT2D eigenvalue weighted by molar-refractivity contribution is -0.123. The van der Waals surface area contributed by atoms with Crippen LogP contribution in [0.5, 0.6) is 5.75 Å². The van der Waals surface area contributed by atoms with E-state index in [0.29, 0.717) is 24.3 Å². The molecule has 0 aromatic heterocycles. The van der Waals surface area contributed by atoms with Gasteiger partial charge in [-0.1, -0.05) is 54.6 Å². The zero-order valence-electron chi connectivity index (χ0n) is 18.8. The number of hydrogen-bond acceptors (Lipinski definition) is 4. The highest BCUT2D eigenvalue weighted by atomic mass is 16.5. The normalized spacial score (nSPS) is 13.3. The molecule has 0 radical (unpaired) electrons. The van der Waals surface area contributed by atoms with Gasteiger partial charge in [0.1, 0.15) is 18.3 Å². The largest absolute Gasteiger partial charge is 0.497 e. The summed E-state index contributed by atoms with van der Waals surface area (Å²) in [5, 5.41) is 8.49. The van der Waals surface area contributed by atoms with Gasteiger partial charge in [-0.3, -0.25) is 14.5 Å². The van der Waals surface area contributed by atoms with Crippen molar-refractivity contribution in [3.05, 3.63) is 90.0 Å². The van der Waals surface area contributed by atoms with E-state index < -0.39 is 12.1 Å². The minimum absolute atomic E-state index is 0.131. The lowest BCUT2D eigenvalue weighted by Gasteiger charge is -2.30. The summed E-state index contributed by atoms with van der Waals surface area (Å²) in [6, 6.07) is 22.6. The molecule has 4 amide bonds. The van der Waals surface area contributed by atoms with E-state index in [4.69, 9.17) is 4.74 Å². The van der Waals surface area contributed by atoms with Crippen LogP contribution in [0.2, 0.25) is 0 Å². The average molecular weight is 459 g/mol. The number of nitrogens with zero attached hydrogens (tertiary/aromatic N) is 1. The molecule has 4 rings (SSSR count). The van der Waals surface area contributed by atoms with Crippen molar-refractivity contribution in [2.24, 2.45) is 0 Å². The molecule has 0 spiro atoms. The van der Waals surface area contributed by atoms with Gasteiger partial charge < -0.3 is 20.7 Å². The van der Waals surface area contributed by atoms with E-state index >= 15 is 0 Å². The summed E-state index contributed by atoms with van der Waals surface area (Å²) in [6.07, 6.45) is 0.308. The predicted octanol–water partition coefficient (Wildman–Crippen LogP) is 3.09. The summed E-state index contributed by atoms with van der Waals surface area (Å²) in [5.74, 6) is 0.121. The molecule has 1 aliphatic heterocycles. The van der Waals surface area contributed by atoms with Crippen LogP contribution < -0.4 is 25.6 Å². The Balaban J connectivity index is 1.49. The molecule has 174 valence electrons. The molecule has 3 N–H and O–H groups in total. The lowest BCUT2D eigenvalue weighted by atomic mass is 10.1. The van der Waals surface area contributed by atoms with Gasteiger partial charge in [-0.15, -0.1) is 0 Å². The van der Waals surface area contributed by atoms with E-state index in [1.807, 2.05) is 54.6 Å². The number of nitrogens with one attached hydrogen (secondary N) is 3. The van der Waals surface area contributed by atoms with Crippen molar-refractivity contribution in [2.75, 3.05) is 23.9 Å². The number of methoxy groups -OCH3 is 1. The number of amides is 4. The number of fused-ring (bicyclic) bond motifs is 1. The van der Waals surface area contributed by atoms with Crippen LogP contribution in [0.4, 0.5) is 16.2 Å². The van der Waals surface area contributed by atoms with Crippen molar-refractivity contribution >= 4 is 29.2 Å². The number of hydrogen-bond donors (Lipinski definition) is 3. The Morgan fingerprint density at radius 1 is 0.971 bits per heavy atom. The summed E-state index contributed by atoms with van der Waals surface area (Å²) < 4.78 is 5.17. The van der Waals surface area contributed by atoms with Gasteiger partial charge in [0, 0.05) is 13.0 Å². The first-order chi connectivity index (χ1) is 16.5. The van der Waals surface area contributed by atoms with Crippen molar-refractivity contribution in [2.45, 2.75) is 19.0 Å². The van der Waals surface area contributed by atoms with Gasteiger partial charge >= 0.3 is 6.03 Å². The van der Waals surface area contributed by atoms with E-state index in [9.17, 15) is 14.4 Å². The summed E-state index contributed by atoms with van der Waals surface area (Å²) in [7, 11) is 1.60. The number of carbonyl (C=O) groups excluding carboxylic acids is 3. The molecule has 1 atom stereocenters. The molecular weight excluding hydrogens is 432 g/mol. The number of benzene rings is 3. The third kappa shape index (κ3) is 5.53. The SMILES string of the molecule is COc1ccc(CNC(=O)C(Cc2ccccc2)NC(=O)N2CC(=O)Nc3ccccc32)cc1.